The lowest BCUT2D eigenvalue weighted by Crippen LogP contribution is -1.97. The van der Waals surface area contributed by atoms with Crippen LogP contribution in [-0.4, -0.2) is 25.4 Å². The Morgan fingerprint density at radius 3 is 2.71 bits per heavy atom. The molecular formula is C12H7N3O5S. The molecule has 0 aliphatic carbocycles. The Bertz CT molecular complexity index is 836. The van der Waals surface area contributed by atoms with Gasteiger partial charge in [0.05, 0.1) is 5.56 Å². The van der Waals surface area contributed by atoms with Crippen molar-refractivity contribution < 1.29 is 19.6 Å². The van der Waals surface area contributed by atoms with Gasteiger partial charge in [0, 0.05) is 5.38 Å². The molecule has 1 aromatic carbocycles. The largest absolute Gasteiger partial charge is 0.478 e. The summed E-state index contributed by atoms with van der Waals surface area (Å²) < 4.78 is 6.71. The van der Waals surface area contributed by atoms with Gasteiger partial charge in [-0.1, -0.05) is 11.3 Å². The highest BCUT2D eigenvalue weighted by atomic mass is 32.1. The average Bonchev–Trinajstić information content (AvgIpc) is 2.98. The van der Waals surface area contributed by atoms with Gasteiger partial charge in [0.2, 0.25) is 0 Å². The first kappa shape index (κ1) is 13.1. The Morgan fingerprint density at radius 2 is 2.10 bits per heavy atom. The van der Waals surface area contributed by atoms with Crippen LogP contribution in [0.2, 0.25) is 0 Å². The number of hydrogen-bond donors (Lipinski definition) is 1. The zero-order valence-electron chi connectivity index (χ0n) is 10.3. The molecule has 2 aromatic heterocycles. The third-order valence-corrected chi connectivity index (χ3v) is 3.45. The molecule has 1 N–H and O–H groups in total. The first-order valence-electron chi connectivity index (χ1n) is 5.67. The molecule has 0 atom stereocenters. The van der Waals surface area contributed by atoms with E-state index in [1.807, 2.05) is 0 Å². The number of carboxylic acid groups (broad SMARTS) is 1. The van der Waals surface area contributed by atoms with E-state index in [1.54, 1.807) is 5.38 Å². The molecule has 106 valence electrons. The van der Waals surface area contributed by atoms with Gasteiger partial charge in [-0.15, -0.1) is 0 Å². The van der Waals surface area contributed by atoms with Crippen molar-refractivity contribution in [3.8, 4) is 11.6 Å². The topological polar surface area (TPSA) is 107 Å². The Balaban J connectivity index is 1.97. The fourth-order valence-electron chi connectivity index (χ4n) is 1.77. The second-order valence-corrected chi connectivity index (χ2v) is 4.86. The quantitative estimate of drug-likeness (QED) is 0.586. The van der Waals surface area contributed by atoms with E-state index in [-0.39, 0.29) is 23.0 Å². The maximum atomic E-state index is 11.1. The zero-order chi connectivity index (χ0) is 15.0. The van der Waals surface area contributed by atoms with Crippen molar-refractivity contribution in [2.45, 2.75) is 0 Å². The minimum atomic E-state index is -1.06. The molecule has 0 bridgehead atoms. The normalized spacial score (nSPS) is 10.7. The van der Waals surface area contributed by atoms with E-state index in [0.29, 0.717) is 4.96 Å². The summed E-state index contributed by atoms with van der Waals surface area (Å²) in [6.07, 6.45) is 1.53. The minimum Gasteiger partial charge on any atom is -0.478 e. The summed E-state index contributed by atoms with van der Waals surface area (Å²) >= 11 is 1.25. The number of carboxylic acids is 1. The van der Waals surface area contributed by atoms with E-state index >= 15 is 0 Å². The van der Waals surface area contributed by atoms with Crippen molar-refractivity contribution in [2.24, 2.45) is 0 Å². The first-order valence-corrected chi connectivity index (χ1v) is 6.55. The van der Waals surface area contributed by atoms with E-state index in [1.165, 1.54) is 46.2 Å². The number of hydrogen-bond acceptors (Lipinski definition) is 6. The van der Waals surface area contributed by atoms with Crippen molar-refractivity contribution in [1.82, 2.24) is 9.38 Å². The van der Waals surface area contributed by atoms with Gasteiger partial charge in [-0.3, -0.25) is 0 Å². The molecule has 3 aromatic rings. The van der Waals surface area contributed by atoms with Crippen LogP contribution in [0.3, 0.4) is 0 Å². The molecule has 9 heteroatoms. The fraction of sp³-hybridized carbons (Fsp3) is 0. The number of fused-ring (bicyclic) bond motifs is 1. The molecule has 0 spiro atoms. The molecule has 0 amide bonds. The van der Waals surface area contributed by atoms with Gasteiger partial charge >= 0.3 is 17.7 Å². The molecule has 8 nitrogen and oxygen atoms in total. The summed E-state index contributed by atoms with van der Waals surface area (Å²) in [6, 6.07) is 5.53. The van der Waals surface area contributed by atoms with Crippen LogP contribution >= 0.6 is 11.3 Å². The molecule has 0 aliphatic rings. The third kappa shape index (κ3) is 2.30. The van der Waals surface area contributed by atoms with Gasteiger partial charge in [0.1, 0.15) is 11.9 Å². The van der Waals surface area contributed by atoms with Gasteiger partial charge in [-0.05, 0) is 29.2 Å². The second kappa shape index (κ2) is 4.87. The van der Waals surface area contributed by atoms with Crippen molar-refractivity contribution in [2.75, 3.05) is 0 Å². The molecule has 0 aliphatic heterocycles. The van der Waals surface area contributed by atoms with E-state index in [9.17, 15) is 14.9 Å². The van der Waals surface area contributed by atoms with Crippen molar-refractivity contribution in [3.05, 3.63) is 51.5 Å². The van der Waals surface area contributed by atoms with Crippen LogP contribution in [0.4, 0.5) is 5.82 Å². The maximum absolute atomic E-state index is 11.1. The summed E-state index contributed by atoms with van der Waals surface area (Å²) in [7, 11) is 0. The van der Waals surface area contributed by atoms with E-state index in [0.717, 1.165) is 0 Å². The fourth-order valence-corrected chi connectivity index (χ4v) is 2.47. The van der Waals surface area contributed by atoms with Crippen LogP contribution in [0.5, 0.6) is 11.6 Å². The lowest BCUT2D eigenvalue weighted by Gasteiger charge is -2.02. The molecule has 3 rings (SSSR count). The van der Waals surface area contributed by atoms with E-state index in [4.69, 9.17) is 9.84 Å². The Kier molecular flexibility index (Phi) is 3.03. The maximum Gasteiger partial charge on any atom is 0.393 e. The van der Waals surface area contributed by atoms with Crippen LogP contribution in [0, 0.1) is 10.1 Å². The second-order valence-electron chi connectivity index (χ2n) is 3.98. The molecule has 2 heterocycles. The molecule has 0 fully saturated rings. The Hall–Kier alpha value is -2.94. The highest BCUT2D eigenvalue weighted by Crippen LogP contribution is 2.33. The summed E-state index contributed by atoms with van der Waals surface area (Å²) in [5, 5.41) is 21.6. The number of aromatic carboxylic acids is 1. The number of benzene rings is 1. The van der Waals surface area contributed by atoms with Gasteiger partial charge in [0.15, 0.2) is 0 Å². The highest BCUT2D eigenvalue weighted by molar-refractivity contribution is 7.15. The molecule has 0 saturated heterocycles. The predicted octanol–water partition coefficient (Wildman–Crippen LogP) is 2.79. The smallest absolute Gasteiger partial charge is 0.393 e. The predicted molar refractivity (Wildman–Crippen MR) is 73.2 cm³/mol. The average molecular weight is 305 g/mol. The third-order valence-electron chi connectivity index (χ3n) is 2.69. The number of nitrogens with zero attached hydrogens (tertiary/aromatic N) is 3. The molecule has 0 unspecified atom stereocenters. The van der Waals surface area contributed by atoms with Crippen LogP contribution < -0.4 is 4.74 Å². The molecule has 21 heavy (non-hydrogen) atoms. The van der Waals surface area contributed by atoms with E-state index in [2.05, 4.69) is 4.98 Å². The zero-order valence-corrected chi connectivity index (χ0v) is 11.1. The summed E-state index contributed by atoms with van der Waals surface area (Å²) in [6.45, 7) is 0. The first-order chi connectivity index (χ1) is 10.1. The van der Waals surface area contributed by atoms with Crippen LogP contribution in [-0.2, 0) is 0 Å². The van der Waals surface area contributed by atoms with Crippen LogP contribution in [0.1, 0.15) is 10.4 Å². The van der Waals surface area contributed by atoms with Crippen molar-refractivity contribution in [3.63, 3.8) is 0 Å². The number of thiazole rings is 1. The number of aromatic nitrogens is 2. The number of nitro groups is 1. The van der Waals surface area contributed by atoms with Gasteiger partial charge in [-0.2, -0.15) is 9.38 Å². The number of imidazole rings is 1. The standard InChI is InChI=1S/C12H7N3O5S/c16-11(17)7-1-3-8(4-2-7)20-9-10(15(18)19)14-5-6-21-12(14)13-9/h1-6H,(H,16,17). The Labute approximate surface area is 121 Å². The molecule has 0 saturated carbocycles. The number of ether oxygens (including phenoxy) is 1. The lowest BCUT2D eigenvalue weighted by atomic mass is 10.2. The summed E-state index contributed by atoms with van der Waals surface area (Å²) in [5.41, 5.74) is 0.0997. The summed E-state index contributed by atoms with van der Waals surface area (Å²) in [5.74, 6) is -1.19. The molecular weight excluding hydrogens is 298 g/mol. The van der Waals surface area contributed by atoms with E-state index < -0.39 is 10.9 Å². The number of rotatable bonds is 4. The van der Waals surface area contributed by atoms with Gasteiger partial charge in [-0.25, -0.2) is 4.79 Å². The number of carbonyl (C=O) groups is 1. The van der Waals surface area contributed by atoms with Gasteiger partial charge in [0.25, 0.3) is 4.96 Å². The van der Waals surface area contributed by atoms with Gasteiger partial charge < -0.3 is 20.0 Å². The van der Waals surface area contributed by atoms with Crippen molar-refractivity contribution >= 4 is 28.1 Å². The monoisotopic (exact) mass is 305 g/mol. The van der Waals surface area contributed by atoms with Crippen LogP contribution in [0.25, 0.3) is 4.96 Å². The SMILES string of the molecule is O=C(O)c1ccc(Oc2nc3sccn3c2[N+](=O)[O-])cc1. The van der Waals surface area contributed by atoms with Crippen molar-refractivity contribution in [1.29, 1.82) is 0 Å². The molecule has 0 radical (unpaired) electrons. The van der Waals surface area contributed by atoms with Crippen LogP contribution in [0.15, 0.2) is 35.8 Å². The summed E-state index contributed by atoms with van der Waals surface area (Å²) in [4.78, 5) is 25.8. The Morgan fingerprint density at radius 1 is 1.38 bits per heavy atom. The highest BCUT2D eigenvalue weighted by Gasteiger charge is 2.25. The lowest BCUT2D eigenvalue weighted by molar-refractivity contribution is -0.391. The minimum absolute atomic E-state index is 0.0997.